The van der Waals surface area contributed by atoms with E-state index < -0.39 is 0 Å². The highest BCUT2D eigenvalue weighted by Gasteiger charge is 2.41. The van der Waals surface area contributed by atoms with Gasteiger partial charge in [0.05, 0.1) is 12.2 Å². The molecule has 94 valence electrons. The second-order valence-corrected chi connectivity index (χ2v) is 6.02. The SMILES string of the molecule is CCOCC(N)C1CCOC2(CCSC2)C1. The predicted octanol–water partition coefficient (Wildman–Crippen LogP) is 1.65. The number of hydrogen-bond donors (Lipinski definition) is 1. The lowest BCUT2D eigenvalue weighted by Gasteiger charge is -2.39. The molecule has 0 amide bonds. The molecule has 16 heavy (non-hydrogen) atoms. The van der Waals surface area contributed by atoms with Gasteiger partial charge in [-0.05, 0) is 37.9 Å². The van der Waals surface area contributed by atoms with Crippen LogP contribution >= 0.6 is 11.8 Å². The summed E-state index contributed by atoms with van der Waals surface area (Å²) in [4.78, 5) is 0. The lowest BCUT2D eigenvalue weighted by molar-refractivity contribution is -0.0867. The van der Waals surface area contributed by atoms with Gasteiger partial charge in [-0.3, -0.25) is 0 Å². The quantitative estimate of drug-likeness (QED) is 0.818. The smallest absolute Gasteiger partial charge is 0.0783 e. The minimum atomic E-state index is 0.150. The van der Waals surface area contributed by atoms with Crippen LogP contribution in [-0.4, -0.2) is 43.0 Å². The van der Waals surface area contributed by atoms with Gasteiger partial charge >= 0.3 is 0 Å². The summed E-state index contributed by atoms with van der Waals surface area (Å²) in [5.74, 6) is 2.98. The van der Waals surface area contributed by atoms with Crippen LogP contribution in [0.25, 0.3) is 0 Å². The molecule has 2 N–H and O–H groups in total. The highest BCUT2D eigenvalue weighted by Crippen LogP contribution is 2.40. The van der Waals surface area contributed by atoms with Crippen molar-refractivity contribution >= 4 is 11.8 Å². The monoisotopic (exact) mass is 245 g/mol. The molecule has 0 aromatic rings. The molecular weight excluding hydrogens is 222 g/mol. The average molecular weight is 245 g/mol. The van der Waals surface area contributed by atoms with Gasteiger partial charge in [-0.1, -0.05) is 0 Å². The Kier molecular flexibility index (Phi) is 4.53. The van der Waals surface area contributed by atoms with Crippen molar-refractivity contribution < 1.29 is 9.47 Å². The lowest BCUT2D eigenvalue weighted by Crippen LogP contribution is -2.46. The van der Waals surface area contributed by atoms with Gasteiger partial charge in [0.15, 0.2) is 0 Å². The largest absolute Gasteiger partial charge is 0.380 e. The van der Waals surface area contributed by atoms with E-state index in [1.807, 2.05) is 18.7 Å². The molecule has 1 spiro atoms. The van der Waals surface area contributed by atoms with Crippen molar-refractivity contribution in [3.63, 3.8) is 0 Å². The number of rotatable bonds is 4. The normalized spacial score (nSPS) is 36.8. The van der Waals surface area contributed by atoms with Crippen molar-refractivity contribution in [1.29, 1.82) is 0 Å². The molecule has 2 aliphatic rings. The molecule has 0 radical (unpaired) electrons. The van der Waals surface area contributed by atoms with Crippen LogP contribution in [0.4, 0.5) is 0 Å². The zero-order chi connectivity index (χ0) is 11.4. The maximum Gasteiger partial charge on any atom is 0.0783 e. The Hall–Kier alpha value is 0.230. The van der Waals surface area contributed by atoms with Crippen LogP contribution in [0, 0.1) is 5.92 Å². The Balaban J connectivity index is 1.85. The number of nitrogens with two attached hydrogens (primary N) is 1. The van der Waals surface area contributed by atoms with Gasteiger partial charge in [-0.25, -0.2) is 0 Å². The van der Waals surface area contributed by atoms with Crippen molar-refractivity contribution in [1.82, 2.24) is 0 Å². The number of ether oxygens (including phenoxy) is 2. The van der Waals surface area contributed by atoms with E-state index in [1.54, 1.807) is 0 Å². The Labute approximate surface area is 102 Å². The summed E-state index contributed by atoms with van der Waals surface area (Å²) in [5, 5.41) is 0. The summed E-state index contributed by atoms with van der Waals surface area (Å²) in [7, 11) is 0. The second-order valence-electron chi connectivity index (χ2n) is 4.91. The zero-order valence-electron chi connectivity index (χ0n) is 10.1. The van der Waals surface area contributed by atoms with Crippen molar-refractivity contribution in [2.45, 2.75) is 37.8 Å². The molecule has 2 saturated heterocycles. The topological polar surface area (TPSA) is 44.5 Å². The molecule has 3 unspecified atom stereocenters. The van der Waals surface area contributed by atoms with Gasteiger partial charge in [0, 0.05) is 25.0 Å². The number of thioether (sulfide) groups is 1. The lowest BCUT2D eigenvalue weighted by atomic mass is 9.82. The molecule has 3 nitrogen and oxygen atoms in total. The van der Waals surface area contributed by atoms with Crippen molar-refractivity contribution in [3.05, 3.63) is 0 Å². The maximum atomic E-state index is 6.20. The van der Waals surface area contributed by atoms with Gasteiger partial charge in [-0.15, -0.1) is 0 Å². The van der Waals surface area contributed by atoms with E-state index in [4.69, 9.17) is 15.2 Å². The van der Waals surface area contributed by atoms with E-state index in [2.05, 4.69) is 0 Å². The van der Waals surface area contributed by atoms with Crippen LogP contribution in [0.3, 0.4) is 0 Å². The molecule has 3 atom stereocenters. The third kappa shape index (κ3) is 2.92. The molecule has 2 aliphatic heterocycles. The van der Waals surface area contributed by atoms with E-state index in [0.29, 0.717) is 12.5 Å². The highest BCUT2D eigenvalue weighted by atomic mass is 32.2. The van der Waals surface area contributed by atoms with Crippen molar-refractivity contribution in [2.75, 3.05) is 31.3 Å². The summed E-state index contributed by atoms with van der Waals surface area (Å²) in [6.07, 6.45) is 3.43. The molecule has 0 aromatic carbocycles. The van der Waals surface area contributed by atoms with E-state index in [0.717, 1.165) is 31.8 Å². The van der Waals surface area contributed by atoms with Crippen LogP contribution in [0.2, 0.25) is 0 Å². The van der Waals surface area contributed by atoms with E-state index in [1.165, 1.54) is 12.2 Å². The summed E-state index contributed by atoms with van der Waals surface area (Å²) in [6.45, 7) is 4.36. The van der Waals surface area contributed by atoms with Crippen LogP contribution in [0.5, 0.6) is 0 Å². The van der Waals surface area contributed by atoms with Crippen LogP contribution in [0.15, 0.2) is 0 Å². The average Bonchev–Trinajstić information content (AvgIpc) is 2.74. The van der Waals surface area contributed by atoms with Gasteiger partial charge in [0.1, 0.15) is 0 Å². The van der Waals surface area contributed by atoms with E-state index in [-0.39, 0.29) is 11.6 Å². The zero-order valence-corrected chi connectivity index (χ0v) is 10.9. The van der Waals surface area contributed by atoms with Crippen molar-refractivity contribution in [3.8, 4) is 0 Å². The third-order valence-electron chi connectivity index (χ3n) is 3.72. The Morgan fingerprint density at radius 1 is 1.62 bits per heavy atom. The molecule has 2 rings (SSSR count). The summed E-state index contributed by atoms with van der Waals surface area (Å²) < 4.78 is 11.4. The summed E-state index contributed by atoms with van der Waals surface area (Å²) >= 11 is 2.01. The van der Waals surface area contributed by atoms with Crippen LogP contribution in [-0.2, 0) is 9.47 Å². The van der Waals surface area contributed by atoms with E-state index >= 15 is 0 Å². The predicted molar refractivity (Wildman–Crippen MR) is 67.8 cm³/mol. The fourth-order valence-electron chi connectivity index (χ4n) is 2.68. The van der Waals surface area contributed by atoms with Gasteiger partial charge in [-0.2, -0.15) is 11.8 Å². The first-order chi connectivity index (χ1) is 7.76. The minimum Gasteiger partial charge on any atom is -0.380 e. The fraction of sp³-hybridized carbons (Fsp3) is 1.00. The Morgan fingerprint density at radius 3 is 3.19 bits per heavy atom. The molecule has 4 heteroatoms. The van der Waals surface area contributed by atoms with E-state index in [9.17, 15) is 0 Å². The summed E-state index contributed by atoms with van der Waals surface area (Å²) in [5.41, 5.74) is 6.35. The van der Waals surface area contributed by atoms with Gasteiger partial charge in [0.25, 0.3) is 0 Å². The second kappa shape index (κ2) is 5.71. The molecular formula is C12H23NO2S. The third-order valence-corrected chi connectivity index (χ3v) is 4.94. The highest BCUT2D eigenvalue weighted by molar-refractivity contribution is 7.99. The van der Waals surface area contributed by atoms with Gasteiger partial charge in [0.2, 0.25) is 0 Å². The summed E-state index contributed by atoms with van der Waals surface area (Å²) in [6, 6.07) is 0.186. The number of hydrogen-bond acceptors (Lipinski definition) is 4. The van der Waals surface area contributed by atoms with Crippen LogP contribution < -0.4 is 5.73 Å². The molecule has 2 fully saturated rings. The first kappa shape index (κ1) is 12.7. The molecule has 0 aliphatic carbocycles. The maximum absolute atomic E-state index is 6.20. The van der Waals surface area contributed by atoms with Gasteiger partial charge < -0.3 is 15.2 Å². The van der Waals surface area contributed by atoms with Crippen molar-refractivity contribution in [2.24, 2.45) is 11.7 Å². The minimum absolute atomic E-state index is 0.150. The Bertz CT molecular complexity index is 219. The molecule has 0 aromatic heterocycles. The van der Waals surface area contributed by atoms with Crippen LogP contribution in [0.1, 0.15) is 26.2 Å². The molecule has 2 heterocycles. The fourth-order valence-corrected chi connectivity index (χ4v) is 4.06. The first-order valence-electron chi connectivity index (χ1n) is 6.31. The Morgan fingerprint density at radius 2 is 2.50 bits per heavy atom. The first-order valence-corrected chi connectivity index (χ1v) is 7.46. The molecule has 0 bridgehead atoms. The standard InChI is InChI=1S/C12H23NO2S/c1-2-14-8-11(13)10-3-5-15-12(7-10)4-6-16-9-12/h10-11H,2-9,13H2,1H3. The molecule has 0 saturated carbocycles.